The van der Waals surface area contributed by atoms with E-state index < -0.39 is 5.41 Å². The first kappa shape index (κ1) is 29.0. The Morgan fingerprint density at radius 2 is 2.00 bits per heavy atom. The second-order valence-corrected chi connectivity index (χ2v) is 13.9. The molecule has 0 saturated carbocycles. The van der Waals surface area contributed by atoms with Crippen molar-refractivity contribution in [1.82, 2.24) is 19.9 Å². The summed E-state index contributed by atoms with van der Waals surface area (Å²) in [6, 6.07) is 6.44. The van der Waals surface area contributed by atoms with Crippen molar-refractivity contribution >= 4 is 27.8 Å². The van der Waals surface area contributed by atoms with Gasteiger partial charge in [0.2, 0.25) is 0 Å². The summed E-state index contributed by atoms with van der Waals surface area (Å²) < 4.78 is 9.89. The average Bonchev–Trinajstić information content (AvgIpc) is 3.23. The third-order valence-electron chi connectivity index (χ3n) is 6.55. The first-order chi connectivity index (χ1) is 17.4. The van der Waals surface area contributed by atoms with Crippen molar-refractivity contribution in [3.63, 3.8) is 0 Å². The number of imidazole rings is 1. The molecule has 0 radical (unpaired) electrons. The second kappa shape index (κ2) is 13.9. The number of hydrogen-bond donors (Lipinski definition) is 4. The Balaban J connectivity index is 1.87. The van der Waals surface area contributed by atoms with Crippen molar-refractivity contribution in [3.05, 3.63) is 29.6 Å². The van der Waals surface area contributed by atoms with E-state index >= 15 is 0 Å². The van der Waals surface area contributed by atoms with Gasteiger partial charge in [-0.25, -0.2) is 0 Å². The fraction of sp³-hybridized carbons (Fsp3) is 0.630. The quantitative estimate of drug-likeness (QED) is 0.103. The molecule has 0 fully saturated rings. The van der Waals surface area contributed by atoms with Gasteiger partial charge in [0, 0.05) is 6.61 Å². The van der Waals surface area contributed by atoms with Crippen LogP contribution in [0.5, 0.6) is 0 Å². The number of hydrogen-bond acceptors (Lipinski definition) is 7. The van der Waals surface area contributed by atoms with E-state index in [1.165, 1.54) is 22.8 Å². The monoisotopic (exact) mass is 612 g/mol. The molecule has 0 saturated heterocycles. The molecule has 0 amide bonds. The van der Waals surface area contributed by atoms with Crippen molar-refractivity contribution in [2.75, 3.05) is 43.1 Å². The molecule has 8 nitrogen and oxygen atoms in total. The van der Waals surface area contributed by atoms with Crippen LogP contribution in [0, 0.1) is 5.41 Å². The number of pyridine rings is 1. The molecule has 36 heavy (non-hydrogen) atoms. The first-order valence-electron chi connectivity index (χ1n) is 13.0. The zero-order chi connectivity index (χ0) is 26.1. The fourth-order valence-electron chi connectivity index (χ4n) is 4.31. The number of aliphatic hydroxyl groups excluding tert-OH is 2. The maximum atomic E-state index is 9.96. The molecule has 0 aliphatic heterocycles. The van der Waals surface area contributed by atoms with Gasteiger partial charge in [0.05, 0.1) is 13.2 Å². The molecule has 2 aromatic heterocycles. The summed E-state index contributed by atoms with van der Waals surface area (Å²) in [5.74, 6) is 1.11. The summed E-state index contributed by atoms with van der Waals surface area (Å²) in [5, 5.41) is 24.3. The number of nitrogens with two attached hydrogens (primary N) is 1. The van der Waals surface area contributed by atoms with Gasteiger partial charge >= 0.3 is 177 Å². The van der Waals surface area contributed by atoms with Crippen molar-refractivity contribution in [3.8, 4) is 0 Å². The summed E-state index contributed by atoms with van der Waals surface area (Å²) in [6.07, 6.45) is 3.46. The van der Waals surface area contributed by atoms with Crippen LogP contribution >= 0.6 is 0 Å². The molecule has 1 unspecified atom stereocenters. The first-order valence-corrected chi connectivity index (χ1v) is 15.8. The summed E-state index contributed by atoms with van der Waals surface area (Å²) in [5.41, 5.74) is 9.32. The molecule has 0 aliphatic carbocycles. The third-order valence-corrected chi connectivity index (χ3v) is 9.84. The second-order valence-electron chi connectivity index (χ2n) is 9.79. The number of rotatable bonds is 16. The van der Waals surface area contributed by atoms with Crippen LogP contribution in [-0.2, 0) is 24.3 Å². The van der Waals surface area contributed by atoms with Crippen molar-refractivity contribution in [2.45, 2.75) is 64.0 Å². The topological polar surface area (TPSA) is 118 Å². The number of nitrogens with one attached hydrogen (secondary N) is 1. The van der Waals surface area contributed by atoms with Gasteiger partial charge in [-0.2, -0.15) is 0 Å². The van der Waals surface area contributed by atoms with Gasteiger partial charge in [-0.1, -0.05) is 6.92 Å². The normalized spacial score (nSPS) is 13.3. The van der Waals surface area contributed by atoms with E-state index in [0.717, 1.165) is 45.7 Å². The molecule has 0 bridgehead atoms. The number of fused-ring (bicyclic) bond motifs is 3. The minimum absolute atomic E-state index is 0.143. The van der Waals surface area contributed by atoms with Crippen LogP contribution in [-0.4, -0.2) is 66.0 Å². The number of benzene rings is 1. The predicted molar refractivity (Wildman–Crippen MR) is 143 cm³/mol. The van der Waals surface area contributed by atoms with Crippen LogP contribution < -0.4 is 32.3 Å². The zero-order valence-corrected chi connectivity index (χ0v) is 24.3. The molecule has 5 N–H and O–H groups in total. The molecule has 202 valence electrons. The fourth-order valence-corrected chi connectivity index (χ4v) is 6.95. The number of halogens is 1. The zero-order valence-electron chi connectivity index (χ0n) is 22.2. The van der Waals surface area contributed by atoms with Crippen LogP contribution in [0.4, 0.5) is 5.82 Å². The number of aliphatic hydroxyl groups is 2. The molecule has 3 rings (SSSR count). The third kappa shape index (κ3) is 7.28. The molecular weight excluding hydrogens is 569 g/mol. The van der Waals surface area contributed by atoms with Crippen molar-refractivity contribution in [2.24, 2.45) is 5.41 Å². The van der Waals surface area contributed by atoms with E-state index in [1.54, 1.807) is 0 Å². The van der Waals surface area contributed by atoms with Crippen LogP contribution in [0.25, 0.3) is 21.9 Å². The van der Waals surface area contributed by atoms with Crippen molar-refractivity contribution in [1.29, 1.82) is 0 Å². The van der Waals surface area contributed by atoms with Gasteiger partial charge in [0.1, 0.15) is 0 Å². The maximum absolute atomic E-state index is 9.96. The Morgan fingerprint density at radius 1 is 1.22 bits per heavy atom. The number of alkyl halides is 2. The number of ether oxygens (including phenoxy) is 1. The van der Waals surface area contributed by atoms with E-state index in [1.807, 2.05) is 18.4 Å². The summed E-state index contributed by atoms with van der Waals surface area (Å²) in [6.45, 7) is 11.6. The Bertz CT molecular complexity index is 1120. The summed E-state index contributed by atoms with van der Waals surface area (Å²) in [4.78, 5) is 9.46. The van der Waals surface area contributed by atoms with E-state index in [4.69, 9.17) is 20.4 Å². The minimum atomic E-state index is -0.704. The molecule has 0 aliphatic rings. The number of aryl methyl sites for hydroxylation is 1. The van der Waals surface area contributed by atoms with Crippen LogP contribution in [0.3, 0.4) is 0 Å². The molecule has 0 spiro atoms. The summed E-state index contributed by atoms with van der Waals surface area (Å²) in [7, 11) is 0. The van der Waals surface area contributed by atoms with Gasteiger partial charge in [-0.3, -0.25) is 0 Å². The van der Waals surface area contributed by atoms with Gasteiger partial charge < -0.3 is 14.9 Å². The van der Waals surface area contributed by atoms with Gasteiger partial charge in [-0.15, -0.1) is 0 Å². The van der Waals surface area contributed by atoms with Crippen molar-refractivity contribution < 1.29 is 36.2 Å². The molecule has 9 heteroatoms. The van der Waals surface area contributed by atoms with Crippen LogP contribution in [0.15, 0.2) is 18.2 Å². The Hall–Kier alpha value is -1.53. The number of nitrogen functional groups attached to an aromatic ring is 1. The molecule has 1 aromatic carbocycles. The van der Waals surface area contributed by atoms with E-state index in [0.29, 0.717) is 31.1 Å². The van der Waals surface area contributed by atoms with Gasteiger partial charge in [-0.05, 0) is 6.92 Å². The van der Waals surface area contributed by atoms with E-state index in [2.05, 4.69) is 37.4 Å². The van der Waals surface area contributed by atoms with E-state index in [9.17, 15) is 10.2 Å². The Labute approximate surface area is 225 Å². The Kier molecular flexibility index (Phi) is 11.2. The Morgan fingerprint density at radius 3 is 2.69 bits per heavy atom. The standard InChI is InChI=1S/C27H43IN5O3/c1-5-30-13-12-28-19(3)8-7-9-20-10-11-21-22(14-20)31-26(29)24-25(21)33(16-27(4,17-34)18-35)23(32-24)15-36-6-2/h10-11,14,19,30,34-35H,5-9,12-13,15-18H2,1-4H3,(H2,29,31)/q-1. The number of nitrogens with zero attached hydrogens (tertiary/aromatic N) is 3. The molecule has 3 aromatic rings. The predicted octanol–water partition coefficient (Wildman–Crippen LogP) is 0.104. The van der Waals surface area contributed by atoms with Gasteiger partial charge in [0.15, 0.2) is 0 Å². The molecule has 2 heterocycles. The van der Waals surface area contributed by atoms with Gasteiger partial charge in [0.25, 0.3) is 0 Å². The van der Waals surface area contributed by atoms with E-state index in [-0.39, 0.29) is 34.4 Å². The number of aromatic nitrogens is 3. The number of anilines is 1. The molecular formula is C27H43IN5O3-. The van der Waals surface area contributed by atoms with Crippen LogP contribution in [0.2, 0.25) is 0 Å². The average molecular weight is 613 g/mol. The summed E-state index contributed by atoms with van der Waals surface area (Å²) >= 11 is 0.245. The SMILES string of the molecule is CCNCC[I-]C(C)CCCc1ccc2c(c1)nc(N)c1nc(COCC)n(CC(C)(CO)CO)c12. The van der Waals surface area contributed by atoms with Crippen LogP contribution in [0.1, 0.15) is 51.9 Å². The molecule has 1 atom stereocenters.